The topological polar surface area (TPSA) is 127 Å². The number of para-hydroxylation sites is 2. The predicted octanol–water partition coefficient (Wildman–Crippen LogP) is 3.73. The van der Waals surface area contributed by atoms with Gasteiger partial charge in [0.05, 0.1) is 11.4 Å². The summed E-state index contributed by atoms with van der Waals surface area (Å²) in [5.74, 6) is -3.06. The van der Waals surface area contributed by atoms with E-state index in [0.717, 1.165) is 37.0 Å². The maximum Gasteiger partial charge on any atom is 0.394 e. The number of fused-ring (bicyclic) bond motifs is 4. The van der Waals surface area contributed by atoms with Crippen molar-refractivity contribution in [3.8, 4) is 0 Å². The maximum atomic E-state index is 13.1. The molecule has 3 N–H and O–H groups in total. The van der Waals surface area contributed by atoms with Crippen LogP contribution in [0.3, 0.4) is 0 Å². The van der Waals surface area contributed by atoms with Crippen molar-refractivity contribution in [2.75, 3.05) is 10.2 Å². The lowest BCUT2D eigenvalue weighted by molar-refractivity contribution is -0.149. The van der Waals surface area contributed by atoms with Crippen molar-refractivity contribution in [3.05, 3.63) is 24.3 Å². The molecule has 2 amide bonds. The first-order valence-corrected chi connectivity index (χ1v) is 13.7. The van der Waals surface area contributed by atoms with Gasteiger partial charge in [0.1, 0.15) is 0 Å². The van der Waals surface area contributed by atoms with Gasteiger partial charge in [0.2, 0.25) is 0 Å². The minimum absolute atomic E-state index is 0.117. The molecule has 200 valence electrons. The average Bonchev–Trinajstić information content (AvgIpc) is 3.06. The fourth-order valence-corrected chi connectivity index (χ4v) is 7.99. The van der Waals surface area contributed by atoms with Crippen LogP contribution in [0.1, 0.15) is 71.1 Å². The fourth-order valence-electron chi connectivity index (χ4n) is 7.99. The molecule has 0 aromatic heterocycles. The molecule has 37 heavy (non-hydrogen) atoms. The van der Waals surface area contributed by atoms with E-state index in [4.69, 9.17) is 5.11 Å². The molecular formula is C28H37N3O6. The minimum Gasteiger partial charge on any atom is -0.474 e. The van der Waals surface area contributed by atoms with Gasteiger partial charge in [-0.3, -0.25) is 19.4 Å². The molecule has 2 heterocycles. The number of hydrogen-bond donors (Lipinski definition) is 3. The number of carbonyl (C=O) groups is 4. The van der Waals surface area contributed by atoms with Crippen molar-refractivity contribution in [2.45, 2.75) is 95.3 Å². The van der Waals surface area contributed by atoms with E-state index in [-0.39, 0.29) is 29.5 Å². The molecule has 4 fully saturated rings. The van der Waals surface area contributed by atoms with Gasteiger partial charge in [-0.25, -0.2) is 9.59 Å². The number of benzene rings is 1. The number of anilines is 2. The molecule has 2 aliphatic carbocycles. The third kappa shape index (κ3) is 5.10. The summed E-state index contributed by atoms with van der Waals surface area (Å²) < 4.78 is 0. The van der Waals surface area contributed by atoms with Crippen molar-refractivity contribution in [3.63, 3.8) is 0 Å². The molecular weight excluding hydrogens is 474 g/mol. The highest BCUT2D eigenvalue weighted by atomic mass is 16.4. The number of amides is 2. The van der Waals surface area contributed by atoms with Crippen LogP contribution < -0.4 is 10.2 Å². The molecule has 1 unspecified atom stereocenters. The smallest absolute Gasteiger partial charge is 0.394 e. The Morgan fingerprint density at radius 2 is 1.54 bits per heavy atom. The highest BCUT2D eigenvalue weighted by molar-refractivity contribution is 6.39. The first-order chi connectivity index (χ1) is 17.7. The number of nitrogens with one attached hydrogen (secondary N) is 1. The summed E-state index contributed by atoms with van der Waals surface area (Å²) in [4.78, 5) is 52.1. The Bertz CT molecular complexity index is 1060. The van der Waals surface area contributed by atoms with E-state index in [1.807, 2.05) is 0 Å². The van der Waals surface area contributed by atoms with Crippen LogP contribution >= 0.6 is 0 Å². The Morgan fingerprint density at radius 3 is 2.22 bits per heavy atom. The molecule has 2 saturated carbocycles. The number of carboxylic acid groups (broad SMARTS) is 2. The van der Waals surface area contributed by atoms with Crippen molar-refractivity contribution in [1.29, 1.82) is 0 Å². The summed E-state index contributed by atoms with van der Waals surface area (Å²) in [7, 11) is 0. The average molecular weight is 512 g/mol. The van der Waals surface area contributed by atoms with Crippen LogP contribution in [0.15, 0.2) is 24.3 Å². The number of carbonyl (C=O) groups excluding carboxylic acids is 2. The zero-order valence-corrected chi connectivity index (χ0v) is 21.3. The van der Waals surface area contributed by atoms with E-state index in [9.17, 15) is 24.3 Å². The van der Waals surface area contributed by atoms with Crippen LogP contribution in [0.2, 0.25) is 0 Å². The molecule has 5 rings (SSSR count). The Kier molecular flexibility index (Phi) is 7.25. The molecule has 7 atom stereocenters. The van der Waals surface area contributed by atoms with Crippen LogP contribution in [-0.2, 0) is 19.2 Å². The number of aliphatic carboxylic acids is 2. The van der Waals surface area contributed by atoms with Crippen LogP contribution in [-0.4, -0.2) is 63.0 Å². The normalized spacial score (nSPS) is 33.3. The van der Waals surface area contributed by atoms with Crippen LogP contribution in [0, 0.1) is 17.8 Å². The zero-order valence-electron chi connectivity index (χ0n) is 21.3. The molecule has 0 spiro atoms. The number of nitrogens with zero attached hydrogens (tertiary/aromatic N) is 2. The lowest BCUT2D eigenvalue weighted by Gasteiger charge is -2.54. The monoisotopic (exact) mass is 511 g/mol. The third-order valence-corrected chi connectivity index (χ3v) is 9.42. The van der Waals surface area contributed by atoms with E-state index in [1.54, 1.807) is 18.2 Å². The molecule has 1 aromatic carbocycles. The first kappa shape index (κ1) is 25.7. The van der Waals surface area contributed by atoms with Gasteiger partial charge in [-0.2, -0.15) is 0 Å². The van der Waals surface area contributed by atoms with Crippen molar-refractivity contribution in [2.24, 2.45) is 17.8 Å². The lowest BCUT2D eigenvalue weighted by Crippen LogP contribution is -2.61. The molecule has 9 heteroatoms. The molecule has 2 aliphatic heterocycles. The Balaban J connectivity index is 1.41. The summed E-state index contributed by atoms with van der Waals surface area (Å²) in [6.45, 7) is 2.40. The van der Waals surface area contributed by atoms with E-state index in [0.29, 0.717) is 18.9 Å². The van der Waals surface area contributed by atoms with Gasteiger partial charge in [0.25, 0.3) is 0 Å². The summed E-state index contributed by atoms with van der Waals surface area (Å²) in [6, 6.07) is 7.10. The predicted molar refractivity (Wildman–Crippen MR) is 137 cm³/mol. The van der Waals surface area contributed by atoms with Crippen LogP contribution in [0.25, 0.3) is 0 Å². The number of hydrogen-bond acceptors (Lipinski definition) is 5. The van der Waals surface area contributed by atoms with Crippen molar-refractivity contribution < 1.29 is 29.4 Å². The number of rotatable bonds is 4. The second-order valence-electron chi connectivity index (χ2n) is 11.6. The molecule has 4 bridgehead atoms. The molecule has 1 aromatic rings. The highest BCUT2D eigenvalue weighted by Gasteiger charge is 2.47. The summed E-state index contributed by atoms with van der Waals surface area (Å²) in [5, 5.41) is 21.1. The summed E-state index contributed by atoms with van der Waals surface area (Å²) in [6.07, 6.45) is 10.9. The number of carboxylic acids is 2. The molecule has 9 nitrogen and oxygen atoms in total. The Hall–Kier alpha value is -2.94. The van der Waals surface area contributed by atoms with Gasteiger partial charge in [0.15, 0.2) is 0 Å². The van der Waals surface area contributed by atoms with Gasteiger partial charge < -0.3 is 15.5 Å². The maximum absolute atomic E-state index is 13.1. The van der Waals surface area contributed by atoms with Crippen LogP contribution in [0.5, 0.6) is 0 Å². The third-order valence-electron chi connectivity index (χ3n) is 9.42. The van der Waals surface area contributed by atoms with E-state index in [2.05, 4.69) is 17.1 Å². The second kappa shape index (κ2) is 10.4. The van der Waals surface area contributed by atoms with E-state index in [1.165, 1.54) is 43.1 Å². The molecule has 0 radical (unpaired) electrons. The summed E-state index contributed by atoms with van der Waals surface area (Å²) in [5.41, 5.74) is 0.341. The van der Waals surface area contributed by atoms with Gasteiger partial charge in [-0.1, -0.05) is 25.5 Å². The van der Waals surface area contributed by atoms with E-state index < -0.39 is 23.8 Å². The summed E-state index contributed by atoms with van der Waals surface area (Å²) >= 11 is 0. The van der Waals surface area contributed by atoms with Gasteiger partial charge >= 0.3 is 23.8 Å². The minimum atomic E-state index is -1.65. The molecule has 2 saturated heterocycles. The van der Waals surface area contributed by atoms with E-state index >= 15 is 0 Å². The van der Waals surface area contributed by atoms with Crippen molar-refractivity contribution in [1.82, 2.24) is 4.90 Å². The van der Waals surface area contributed by atoms with Gasteiger partial charge in [-0.05, 0) is 87.7 Å². The SMILES string of the molecule is C[C@@H]1C[C@H]2CC1CC[C@H](N1[C@@H]3CCC[C@H]1C[C@@H](N(C(=O)C(=O)O)c1ccccc1NC(=O)C(=O)O)C3)C2. The lowest BCUT2D eigenvalue weighted by atomic mass is 9.78. The zero-order chi connectivity index (χ0) is 26.3. The second-order valence-corrected chi connectivity index (χ2v) is 11.6. The fraction of sp³-hybridized carbons (Fsp3) is 0.643. The van der Waals surface area contributed by atoms with Crippen molar-refractivity contribution >= 4 is 35.1 Å². The highest BCUT2D eigenvalue weighted by Crippen LogP contribution is 2.48. The number of piperidine rings is 2. The van der Waals surface area contributed by atoms with Gasteiger partial charge in [0, 0.05) is 24.2 Å². The standard InChI is InChI=1S/C28H37N3O6/c1-16-11-17-12-18(16)9-10-21(13-17)30-19-5-4-6-20(30)15-22(14-19)31(26(33)28(36)37)24-8-3-2-7-23(24)29-25(32)27(34)35/h2-3,7-8,16-22H,4-6,9-15H2,1H3,(H,29,32)(H,34,35)(H,36,37)/t16-,17+,18?,19-,20+,21+,22+/m1/s1. The Labute approximate surface area is 217 Å². The quantitative estimate of drug-likeness (QED) is 0.526. The van der Waals surface area contributed by atoms with Crippen LogP contribution in [0.4, 0.5) is 11.4 Å². The first-order valence-electron chi connectivity index (χ1n) is 13.7. The Morgan fingerprint density at radius 1 is 0.865 bits per heavy atom. The van der Waals surface area contributed by atoms with Gasteiger partial charge in [-0.15, -0.1) is 0 Å². The molecule has 4 aliphatic rings. The largest absolute Gasteiger partial charge is 0.474 e.